The molecule has 25 heavy (non-hydrogen) atoms. The van der Waals surface area contributed by atoms with Crippen molar-refractivity contribution >= 4 is 11.6 Å². The fraction of sp³-hybridized carbons (Fsp3) is 0.600. The number of hydrogen-bond donors (Lipinski definition) is 1. The molecule has 1 spiro atoms. The maximum absolute atomic E-state index is 12.7. The summed E-state index contributed by atoms with van der Waals surface area (Å²) >= 11 is 0. The number of benzene rings is 1. The Bertz CT molecular complexity index is 667. The van der Waals surface area contributed by atoms with E-state index < -0.39 is 5.54 Å². The molecule has 4 rings (SSSR count). The van der Waals surface area contributed by atoms with Crippen LogP contribution < -0.4 is 10.2 Å². The Morgan fingerprint density at radius 1 is 1.00 bits per heavy atom. The number of likely N-dealkylation sites (tertiary alicyclic amines) is 1. The van der Waals surface area contributed by atoms with Crippen molar-refractivity contribution in [3.63, 3.8) is 0 Å². The van der Waals surface area contributed by atoms with Crippen LogP contribution >= 0.6 is 0 Å². The monoisotopic (exact) mass is 338 g/mol. The van der Waals surface area contributed by atoms with Crippen LogP contribution in [-0.2, 0) is 4.79 Å². The molecule has 1 amide bonds. The first-order chi connectivity index (χ1) is 12.2. The van der Waals surface area contributed by atoms with Crippen molar-refractivity contribution in [1.82, 2.24) is 10.2 Å². The van der Waals surface area contributed by atoms with Crippen molar-refractivity contribution < 1.29 is 4.79 Å². The zero-order valence-electron chi connectivity index (χ0n) is 14.7. The molecule has 132 valence electrons. The van der Waals surface area contributed by atoms with Gasteiger partial charge in [0.15, 0.2) is 0 Å². The fourth-order valence-corrected chi connectivity index (χ4v) is 4.97. The van der Waals surface area contributed by atoms with Crippen molar-refractivity contribution in [3.8, 4) is 6.07 Å². The minimum Gasteiger partial charge on any atom is -0.339 e. The molecule has 1 aliphatic carbocycles. The predicted molar refractivity (Wildman–Crippen MR) is 96.9 cm³/mol. The zero-order valence-corrected chi connectivity index (χ0v) is 14.7. The summed E-state index contributed by atoms with van der Waals surface area (Å²) in [4.78, 5) is 17.3. The van der Waals surface area contributed by atoms with Crippen LogP contribution in [0.3, 0.4) is 0 Å². The molecular formula is C20H26N4O. The van der Waals surface area contributed by atoms with Gasteiger partial charge in [0.05, 0.1) is 12.7 Å². The second kappa shape index (κ2) is 6.34. The van der Waals surface area contributed by atoms with Gasteiger partial charge in [-0.25, -0.2) is 0 Å². The van der Waals surface area contributed by atoms with Crippen molar-refractivity contribution in [3.05, 3.63) is 30.3 Å². The standard InChI is InChI=1S/C20H26N4O/c21-15-19(9-5-2-6-10-19)23-13-11-20(12-14-23)18(25)22-16-24(20)17-7-3-1-4-8-17/h1,3-4,7-8H,2,5-6,9-14,16H2,(H,22,25). The van der Waals surface area contributed by atoms with E-state index >= 15 is 0 Å². The van der Waals surface area contributed by atoms with Gasteiger partial charge in [-0.1, -0.05) is 37.5 Å². The molecular weight excluding hydrogens is 312 g/mol. The summed E-state index contributed by atoms with van der Waals surface area (Å²) in [6.45, 7) is 2.22. The number of carbonyl (C=O) groups excluding carboxylic acids is 1. The van der Waals surface area contributed by atoms with Crippen molar-refractivity contribution in [2.45, 2.75) is 56.0 Å². The summed E-state index contributed by atoms with van der Waals surface area (Å²) < 4.78 is 0. The molecule has 0 aromatic heterocycles. The summed E-state index contributed by atoms with van der Waals surface area (Å²) in [6, 6.07) is 12.8. The second-order valence-corrected chi connectivity index (χ2v) is 7.65. The largest absolute Gasteiger partial charge is 0.339 e. The smallest absolute Gasteiger partial charge is 0.247 e. The van der Waals surface area contributed by atoms with Gasteiger partial charge in [0.25, 0.3) is 0 Å². The van der Waals surface area contributed by atoms with Crippen molar-refractivity contribution in [2.24, 2.45) is 0 Å². The third-order valence-corrected chi connectivity index (χ3v) is 6.49. The molecule has 2 aliphatic heterocycles. The van der Waals surface area contributed by atoms with Crippen LogP contribution in [0, 0.1) is 11.3 Å². The van der Waals surface area contributed by atoms with Crippen LogP contribution in [0.1, 0.15) is 44.9 Å². The van der Waals surface area contributed by atoms with E-state index in [1.54, 1.807) is 0 Å². The highest BCUT2D eigenvalue weighted by molar-refractivity contribution is 5.93. The minimum absolute atomic E-state index is 0.144. The van der Waals surface area contributed by atoms with Crippen LogP contribution in [0.25, 0.3) is 0 Å². The maximum Gasteiger partial charge on any atom is 0.247 e. The normalized spacial score (nSPS) is 25.6. The summed E-state index contributed by atoms with van der Waals surface area (Å²) in [7, 11) is 0. The molecule has 5 heteroatoms. The van der Waals surface area contributed by atoms with Crippen LogP contribution in [-0.4, -0.2) is 41.6 Å². The Morgan fingerprint density at radius 3 is 2.32 bits per heavy atom. The van der Waals surface area contributed by atoms with Gasteiger partial charge < -0.3 is 10.2 Å². The van der Waals surface area contributed by atoms with E-state index in [9.17, 15) is 10.1 Å². The lowest BCUT2D eigenvalue weighted by molar-refractivity contribution is -0.125. The van der Waals surface area contributed by atoms with E-state index in [0.717, 1.165) is 57.3 Å². The number of hydrogen-bond acceptors (Lipinski definition) is 4. The Labute approximate surface area is 149 Å². The number of piperidine rings is 1. The van der Waals surface area contributed by atoms with Gasteiger partial charge in [-0.15, -0.1) is 0 Å². The average Bonchev–Trinajstić information content (AvgIpc) is 2.99. The van der Waals surface area contributed by atoms with Gasteiger partial charge in [0.1, 0.15) is 11.1 Å². The fourth-order valence-electron chi connectivity index (χ4n) is 4.97. The Balaban J connectivity index is 1.55. The number of para-hydroxylation sites is 1. The molecule has 0 unspecified atom stereocenters. The molecule has 0 bridgehead atoms. The summed E-state index contributed by atoms with van der Waals surface area (Å²) in [6.07, 6.45) is 7.06. The first kappa shape index (κ1) is 16.4. The predicted octanol–water partition coefficient (Wildman–Crippen LogP) is 2.64. The first-order valence-corrected chi connectivity index (χ1v) is 9.48. The molecule has 1 aromatic carbocycles. The minimum atomic E-state index is -0.455. The number of rotatable bonds is 2. The number of amides is 1. The van der Waals surface area contributed by atoms with Crippen LogP contribution in [0.4, 0.5) is 5.69 Å². The van der Waals surface area contributed by atoms with Gasteiger partial charge in [-0.05, 0) is 37.8 Å². The average molecular weight is 338 g/mol. The van der Waals surface area contributed by atoms with Crippen LogP contribution in [0.5, 0.6) is 0 Å². The second-order valence-electron chi connectivity index (χ2n) is 7.65. The van der Waals surface area contributed by atoms with Crippen LogP contribution in [0.15, 0.2) is 30.3 Å². The number of anilines is 1. The van der Waals surface area contributed by atoms with Gasteiger partial charge in [0, 0.05) is 18.8 Å². The SMILES string of the molecule is N#CC1(N2CCC3(CC2)C(=O)NCN3c2ccccc2)CCCCC1. The highest BCUT2D eigenvalue weighted by Crippen LogP contribution is 2.41. The lowest BCUT2D eigenvalue weighted by atomic mass is 9.77. The Hall–Kier alpha value is -2.06. The van der Waals surface area contributed by atoms with E-state index in [4.69, 9.17) is 0 Å². The molecule has 2 saturated heterocycles. The molecule has 5 nitrogen and oxygen atoms in total. The van der Waals surface area contributed by atoms with E-state index in [1.807, 2.05) is 18.2 Å². The molecule has 1 N–H and O–H groups in total. The molecule has 1 aromatic rings. The zero-order chi connectivity index (χ0) is 17.3. The van der Waals surface area contributed by atoms with Gasteiger partial charge in [0.2, 0.25) is 5.91 Å². The highest BCUT2D eigenvalue weighted by Gasteiger charge is 2.52. The van der Waals surface area contributed by atoms with E-state index in [1.165, 1.54) is 6.42 Å². The van der Waals surface area contributed by atoms with E-state index in [-0.39, 0.29) is 11.4 Å². The summed E-state index contributed by atoms with van der Waals surface area (Å²) in [5.74, 6) is 0.144. The molecule has 0 atom stereocenters. The number of nitrogens with zero attached hydrogens (tertiary/aromatic N) is 3. The lowest BCUT2D eigenvalue weighted by Crippen LogP contribution is -2.61. The quantitative estimate of drug-likeness (QED) is 0.901. The van der Waals surface area contributed by atoms with E-state index in [2.05, 4.69) is 33.3 Å². The molecule has 2 heterocycles. The van der Waals surface area contributed by atoms with Crippen molar-refractivity contribution in [2.75, 3.05) is 24.7 Å². The third-order valence-electron chi connectivity index (χ3n) is 6.49. The van der Waals surface area contributed by atoms with Gasteiger partial charge in [-0.2, -0.15) is 5.26 Å². The van der Waals surface area contributed by atoms with Gasteiger partial charge >= 0.3 is 0 Å². The molecule has 3 fully saturated rings. The summed E-state index contributed by atoms with van der Waals surface area (Å²) in [5.41, 5.74) is 0.345. The first-order valence-electron chi connectivity index (χ1n) is 9.48. The number of nitrogens with one attached hydrogen (secondary N) is 1. The topological polar surface area (TPSA) is 59.4 Å². The Kier molecular flexibility index (Phi) is 4.16. The highest BCUT2D eigenvalue weighted by atomic mass is 16.2. The van der Waals surface area contributed by atoms with Crippen molar-refractivity contribution in [1.29, 1.82) is 5.26 Å². The lowest BCUT2D eigenvalue weighted by Gasteiger charge is -2.49. The molecule has 0 radical (unpaired) electrons. The maximum atomic E-state index is 12.7. The van der Waals surface area contributed by atoms with Crippen LogP contribution in [0.2, 0.25) is 0 Å². The summed E-state index contributed by atoms with van der Waals surface area (Å²) in [5, 5.41) is 12.9. The van der Waals surface area contributed by atoms with E-state index in [0.29, 0.717) is 6.67 Å². The molecule has 3 aliphatic rings. The molecule has 1 saturated carbocycles. The number of carbonyl (C=O) groups is 1. The number of nitriles is 1. The Morgan fingerprint density at radius 2 is 1.68 bits per heavy atom. The third kappa shape index (κ3) is 2.60. The van der Waals surface area contributed by atoms with Gasteiger partial charge in [-0.3, -0.25) is 9.69 Å².